The Balaban J connectivity index is 1.55. The van der Waals surface area contributed by atoms with Crippen LogP contribution in [0.5, 0.6) is 34.5 Å². The van der Waals surface area contributed by atoms with E-state index in [-0.39, 0.29) is 31.5 Å². The molecule has 0 unspecified atom stereocenters. The maximum absolute atomic E-state index is 13.3. The lowest BCUT2D eigenvalue weighted by molar-refractivity contribution is -0.0805. The van der Waals surface area contributed by atoms with Crippen molar-refractivity contribution in [1.29, 1.82) is 0 Å². The molecule has 2 atom stereocenters. The average Bonchev–Trinajstić information content (AvgIpc) is 3.30. The van der Waals surface area contributed by atoms with E-state index in [1.165, 1.54) is 0 Å². The fraction of sp³-hybridized carbons (Fsp3) is 0.278. The minimum absolute atomic E-state index is 0.00114. The Morgan fingerprint density at radius 2 is 1.65 bits per heavy atom. The van der Waals surface area contributed by atoms with E-state index in [1.807, 2.05) is 0 Å². The van der Waals surface area contributed by atoms with Crippen LogP contribution in [0.15, 0.2) is 24.3 Å². The minimum atomic E-state index is -1.89. The second-order valence-corrected chi connectivity index (χ2v) is 6.39. The quantitative estimate of drug-likeness (QED) is 0.757. The van der Waals surface area contributed by atoms with E-state index in [0.717, 1.165) is 0 Å². The first kappa shape index (κ1) is 14.1. The monoisotopic (exact) mass is 356 g/mol. The SMILES string of the molecule is O=C1c2ccc3c(c2O[C@@H]2COc4cc5c(cc4[C@@]12O)OCO5)OCO3. The molecule has 26 heavy (non-hydrogen) atoms. The number of Topliss-reactive ketones (excluding diaryl/α,β-unsaturated/α-hetero) is 1. The summed E-state index contributed by atoms with van der Waals surface area (Å²) in [6, 6.07) is 6.39. The predicted octanol–water partition coefficient (Wildman–Crippen LogP) is 1.37. The van der Waals surface area contributed by atoms with Gasteiger partial charge in [-0.15, -0.1) is 0 Å². The van der Waals surface area contributed by atoms with E-state index >= 15 is 0 Å². The molecule has 4 aliphatic heterocycles. The van der Waals surface area contributed by atoms with Gasteiger partial charge < -0.3 is 33.5 Å². The molecule has 0 saturated heterocycles. The molecule has 0 aromatic heterocycles. The van der Waals surface area contributed by atoms with Crippen molar-refractivity contribution in [2.24, 2.45) is 0 Å². The second-order valence-electron chi connectivity index (χ2n) is 6.39. The maximum atomic E-state index is 13.3. The van der Waals surface area contributed by atoms with Crippen molar-refractivity contribution >= 4 is 5.78 Å². The van der Waals surface area contributed by atoms with Crippen LogP contribution in [0.2, 0.25) is 0 Å². The Morgan fingerprint density at radius 3 is 2.54 bits per heavy atom. The van der Waals surface area contributed by atoms with Crippen LogP contribution in [0.4, 0.5) is 0 Å². The van der Waals surface area contributed by atoms with Crippen LogP contribution in [0.25, 0.3) is 0 Å². The molecule has 2 aromatic carbocycles. The number of fused-ring (bicyclic) bond motifs is 7. The lowest BCUT2D eigenvalue weighted by Gasteiger charge is -2.42. The molecule has 0 amide bonds. The number of benzene rings is 2. The third-order valence-corrected chi connectivity index (χ3v) is 5.09. The number of hydrogen-bond acceptors (Lipinski definition) is 8. The fourth-order valence-electron chi connectivity index (χ4n) is 3.78. The standard InChI is InChI=1S/C18H12O8/c19-17-8-1-2-10-16(25-7-22-10)15(8)26-14-5-21-11-4-13-12(23-6-24-13)3-9(11)18(14,17)20/h1-4,14,20H,5-7H2/t14-,18+/m1/s1. The summed E-state index contributed by atoms with van der Waals surface area (Å²) in [5.41, 5.74) is -1.36. The molecule has 1 N–H and O–H groups in total. The molecule has 132 valence electrons. The van der Waals surface area contributed by atoms with Gasteiger partial charge in [0, 0.05) is 11.6 Å². The summed E-state index contributed by atoms with van der Waals surface area (Å²) >= 11 is 0. The largest absolute Gasteiger partial charge is 0.489 e. The van der Waals surface area contributed by atoms with Crippen LogP contribution in [0, 0.1) is 0 Å². The molecule has 6 rings (SSSR count). The molecule has 2 aromatic rings. The highest BCUT2D eigenvalue weighted by atomic mass is 16.7. The first-order valence-corrected chi connectivity index (χ1v) is 8.09. The van der Waals surface area contributed by atoms with Gasteiger partial charge in [0.05, 0.1) is 5.56 Å². The summed E-state index contributed by atoms with van der Waals surface area (Å²) in [5.74, 6) is 1.99. The van der Waals surface area contributed by atoms with Crippen molar-refractivity contribution in [3.8, 4) is 34.5 Å². The molecule has 0 fully saturated rings. The fourth-order valence-corrected chi connectivity index (χ4v) is 3.78. The summed E-state index contributed by atoms with van der Waals surface area (Å²) < 4.78 is 33.1. The summed E-state index contributed by atoms with van der Waals surface area (Å²) in [4.78, 5) is 13.3. The van der Waals surface area contributed by atoms with E-state index in [4.69, 9.17) is 28.4 Å². The van der Waals surface area contributed by atoms with Crippen LogP contribution < -0.4 is 28.4 Å². The zero-order valence-electron chi connectivity index (χ0n) is 13.3. The van der Waals surface area contributed by atoms with Crippen molar-refractivity contribution in [1.82, 2.24) is 0 Å². The van der Waals surface area contributed by atoms with Gasteiger partial charge >= 0.3 is 0 Å². The molecule has 8 nitrogen and oxygen atoms in total. The smallest absolute Gasteiger partial charge is 0.231 e. The number of carbonyl (C=O) groups excluding carboxylic acids is 1. The van der Waals surface area contributed by atoms with Crippen LogP contribution in [0.1, 0.15) is 15.9 Å². The molecule has 0 radical (unpaired) electrons. The highest BCUT2D eigenvalue weighted by molar-refractivity contribution is 6.08. The number of hydrogen-bond donors (Lipinski definition) is 1. The average molecular weight is 356 g/mol. The van der Waals surface area contributed by atoms with Gasteiger partial charge in [0.25, 0.3) is 0 Å². The van der Waals surface area contributed by atoms with E-state index in [1.54, 1.807) is 24.3 Å². The summed E-state index contributed by atoms with van der Waals surface area (Å²) in [5, 5.41) is 11.4. The van der Waals surface area contributed by atoms with E-state index < -0.39 is 17.5 Å². The van der Waals surface area contributed by atoms with Crippen molar-refractivity contribution in [2.75, 3.05) is 20.2 Å². The first-order chi connectivity index (χ1) is 12.7. The van der Waals surface area contributed by atoms with Gasteiger partial charge in [0.2, 0.25) is 25.1 Å². The topological polar surface area (TPSA) is 92.7 Å². The molecule has 4 aliphatic rings. The molecule has 0 bridgehead atoms. The maximum Gasteiger partial charge on any atom is 0.231 e. The zero-order chi connectivity index (χ0) is 17.5. The van der Waals surface area contributed by atoms with E-state index in [0.29, 0.717) is 34.3 Å². The number of aliphatic hydroxyl groups is 1. The van der Waals surface area contributed by atoms with E-state index in [9.17, 15) is 9.90 Å². The van der Waals surface area contributed by atoms with Gasteiger partial charge in [-0.2, -0.15) is 0 Å². The van der Waals surface area contributed by atoms with Gasteiger partial charge in [-0.1, -0.05) is 0 Å². The number of carbonyl (C=O) groups is 1. The lowest BCUT2D eigenvalue weighted by atomic mass is 9.77. The lowest BCUT2D eigenvalue weighted by Crippen LogP contribution is -2.57. The second kappa shape index (κ2) is 4.53. The molecule has 4 heterocycles. The summed E-state index contributed by atoms with van der Waals surface area (Å²) in [7, 11) is 0. The van der Waals surface area contributed by atoms with Gasteiger partial charge in [0.1, 0.15) is 12.4 Å². The molecule has 0 aliphatic carbocycles. The minimum Gasteiger partial charge on any atom is -0.489 e. The molecule has 0 spiro atoms. The Hall–Kier alpha value is -3.13. The number of ether oxygens (including phenoxy) is 6. The van der Waals surface area contributed by atoms with Crippen molar-refractivity contribution in [2.45, 2.75) is 11.7 Å². The third kappa shape index (κ3) is 1.55. The third-order valence-electron chi connectivity index (χ3n) is 5.09. The summed E-state index contributed by atoms with van der Waals surface area (Å²) in [6.45, 7) is 0.136. The van der Waals surface area contributed by atoms with Crippen molar-refractivity contribution < 1.29 is 38.3 Å². The Labute approximate surface area is 146 Å². The van der Waals surface area contributed by atoms with Gasteiger partial charge in [0.15, 0.2) is 34.7 Å². The van der Waals surface area contributed by atoms with Gasteiger partial charge in [-0.3, -0.25) is 4.79 Å². The van der Waals surface area contributed by atoms with Gasteiger partial charge in [-0.25, -0.2) is 0 Å². The Morgan fingerprint density at radius 1 is 0.885 bits per heavy atom. The number of ketones is 1. The summed E-state index contributed by atoms with van der Waals surface area (Å²) in [6.07, 6.45) is -0.925. The molecule has 0 saturated carbocycles. The highest BCUT2D eigenvalue weighted by Gasteiger charge is 2.57. The molecular formula is C18H12O8. The van der Waals surface area contributed by atoms with Crippen molar-refractivity contribution in [3.63, 3.8) is 0 Å². The highest BCUT2D eigenvalue weighted by Crippen LogP contribution is 2.53. The van der Waals surface area contributed by atoms with Crippen LogP contribution in [-0.2, 0) is 5.60 Å². The van der Waals surface area contributed by atoms with Crippen LogP contribution in [0.3, 0.4) is 0 Å². The van der Waals surface area contributed by atoms with Crippen LogP contribution in [-0.4, -0.2) is 37.2 Å². The van der Waals surface area contributed by atoms with E-state index in [2.05, 4.69) is 0 Å². The Bertz CT molecular complexity index is 984. The molecule has 8 heteroatoms. The van der Waals surface area contributed by atoms with Crippen LogP contribution >= 0.6 is 0 Å². The molecular weight excluding hydrogens is 344 g/mol. The van der Waals surface area contributed by atoms with Gasteiger partial charge in [-0.05, 0) is 18.2 Å². The predicted molar refractivity (Wildman–Crippen MR) is 83.3 cm³/mol. The Kier molecular flexibility index (Phi) is 2.45. The van der Waals surface area contributed by atoms with Crippen molar-refractivity contribution in [3.05, 3.63) is 35.4 Å². The number of rotatable bonds is 0. The zero-order valence-corrected chi connectivity index (χ0v) is 13.3. The normalized spacial score (nSPS) is 26.3. The first-order valence-electron chi connectivity index (χ1n) is 8.09.